The van der Waals surface area contributed by atoms with Crippen LogP contribution in [0.5, 0.6) is 0 Å². The minimum Gasteiger partial charge on any atom is -0.0587 e. The molecule has 4 aliphatic carbocycles. The van der Waals surface area contributed by atoms with Crippen LogP contribution in [0, 0.1) is 47.3 Å². The van der Waals surface area contributed by atoms with E-state index >= 15 is 0 Å². The highest BCUT2D eigenvalue weighted by molar-refractivity contribution is 5.71. The van der Waals surface area contributed by atoms with Gasteiger partial charge < -0.3 is 0 Å². The van der Waals surface area contributed by atoms with E-state index < -0.39 is 0 Å². The molecule has 0 radical (unpaired) electrons. The average Bonchev–Trinajstić information content (AvgIpc) is 2.74. The molecule has 0 aliphatic heterocycles. The maximum Gasteiger partial charge on any atom is 0.0205 e. The van der Waals surface area contributed by atoms with Gasteiger partial charge in [-0.05, 0) is 91.2 Å². The fourth-order valence-corrected chi connectivity index (χ4v) is 7.06. The number of hydrogen-bond donors (Lipinski definition) is 0. The Kier molecular flexibility index (Phi) is 6.69. The smallest absolute Gasteiger partial charge is 0.0205 e. The summed E-state index contributed by atoms with van der Waals surface area (Å²) in [5.41, 5.74) is 16.0. The van der Waals surface area contributed by atoms with E-state index in [2.05, 4.69) is 107 Å². The maximum absolute atomic E-state index is 2.60. The lowest BCUT2D eigenvalue weighted by molar-refractivity contribution is 0.476. The van der Waals surface area contributed by atoms with Crippen LogP contribution in [0.15, 0.2) is 80.0 Å². The van der Waals surface area contributed by atoms with Crippen LogP contribution >= 0.6 is 0 Å². The zero-order chi connectivity index (χ0) is 25.2. The van der Waals surface area contributed by atoms with Gasteiger partial charge in [0.2, 0.25) is 0 Å². The Morgan fingerprint density at radius 1 is 0.382 bits per heavy atom. The quantitative estimate of drug-likeness (QED) is 0.373. The summed E-state index contributed by atoms with van der Waals surface area (Å²) < 4.78 is 0. The summed E-state index contributed by atoms with van der Waals surface area (Å²) in [6, 6.07) is 0. The first-order valence-electron chi connectivity index (χ1n) is 14.0. The molecule has 0 saturated carbocycles. The van der Waals surface area contributed by atoms with E-state index in [1.54, 1.807) is 44.6 Å². The lowest BCUT2D eigenvalue weighted by atomic mass is 9.53. The first-order valence-corrected chi connectivity index (χ1v) is 14.0. The largest absolute Gasteiger partial charge is 0.0587 e. The average molecular weight is 457 g/mol. The Morgan fingerprint density at radius 2 is 0.676 bits per heavy atom. The van der Waals surface area contributed by atoms with E-state index in [0.29, 0.717) is 47.3 Å². The van der Waals surface area contributed by atoms with Crippen LogP contribution in [-0.4, -0.2) is 0 Å². The van der Waals surface area contributed by atoms with Gasteiger partial charge in [-0.3, -0.25) is 0 Å². The Morgan fingerprint density at radius 3 is 0.912 bits per heavy atom. The van der Waals surface area contributed by atoms with Crippen molar-refractivity contribution in [1.29, 1.82) is 0 Å². The topological polar surface area (TPSA) is 0 Å². The molecular weight excluding hydrogens is 408 g/mol. The van der Waals surface area contributed by atoms with Gasteiger partial charge >= 0.3 is 0 Å². The summed E-state index contributed by atoms with van der Waals surface area (Å²) in [5, 5.41) is 0. The molecule has 4 rings (SSSR count). The van der Waals surface area contributed by atoms with Gasteiger partial charge in [0.1, 0.15) is 0 Å². The molecule has 0 nitrogen and oxygen atoms in total. The summed E-state index contributed by atoms with van der Waals surface area (Å²) in [5.74, 6) is 4.09. The fraction of sp³-hybridized carbons (Fsp3) is 0.588. The number of hydrogen-bond acceptors (Lipinski definition) is 0. The molecule has 34 heavy (non-hydrogen) atoms. The lowest BCUT2D eigenvalue weighted by Crippen LogP contribution is -2.39. The molecular formula is C34H48. The van der Waals surface area contributed by atoms with E-state index in [1.165, 1.54) is 11.1 Å². The second-order valence-corrected chi connectivity index (χ2v) is 12.9. The molecule has 0 heteroatoms. The predicted molar refractivity (Wildman–Crippen MR) is 149 cm³/mol. The third kappa shape index (κ3) is 3.81. The number of rotatable bonds is 6. The maximum atomic E-state index is 2.60. The van der Waals surface area contributed by atoms with E-state index in [0.717, 1.165) is 0 Å². The third-order valence-electron chi connectivity index (χ3n) is 8.43. The van der Waals surface area contributed by atoms with Gasteiger partial charge in [0.05, 0.1) is 0 Å². The molecule has 0 heterocycles. The van der Waals surface area contributed by atoms with Gasteiger partial charge in [-0.2, -0.15) is 0 Å². The summed E-state index contributed by atoms with van der Waals surface area (Å²) in [7, 11) is 0. The van der Waals surface area contributed by atoms with Gasteiger partial charge in [-0.15, -0.1) is 0 Å². The Labute approximate surface area is 210 Å². The van der Waals surface area contributed by atoms with Gasteiger partial charge in [0.25, 0.3) is 0 Å². The zero-order valence-corrected chi connectivity index (χ0v) is 23.9. The highest BCUT2D eigenvalue weighted by Gasteiger charge is 2.48. The van der Waals surface area contributed by atoms with Crippen molar-refractivity contribution in [2.75, 3.05) is 0 Å². The second kappa shape index (κ2) is 9.00. The molecule has 2 atom stereocenters. The highest BCUT2D eigenvalue weighted by Crippen LogP contribution is 2.60. The standard InChI is InChI=1S/C34H48/c1-17(2)23-13-25-29(19(5)6)31(21(9)10)27-15-24(18(3)4)16-28-32(22(11)12)30(20(7)8)26(14-23)33(25)34(27)28/h13-22,33-34H,1-12H3. The van der Waals surface area contributed by atoms with E-state index in [4.69, 9.17) is 0 Å². The van der Waals surface area contributed by atoms with Crippen LogP contribution in [0.3, 0.4) is 0 Å². The van der Waals surface area contributed by atoms with Gasteiger partial charge in [0.15, 0.2) is 0 Å². The Hall–Kier alpha value is -1.82. The number of allylic oxidation sites excluding steroid dienone is 14. The predicted octanol–water partition coefficient (Wildman–Crippen LogP) is 9.80. The van der Waals surface area contributed by atoms with Gasteiger partial charge in [0, 0.05) is 11.8 Å². The van der Waals surface area contributed by atoms with Crippen LogP contribution in [0.2, 0.25) is 0 Å². The minimum atomic E-state index is 0.466. The normalized spacial score (nSPS) is 24.6. The molecule has 0 bridgehead atoms. The molecule has 0 N–H and O–H groups in total. The van der Waals surface area contributed by atoms with Crippen LogP contribution in [-0.2, 0) is 0 Å². The summed E-state index contributed by atoms with van der Waals surface area (Å²) in [6.07, 6.45) is 10.4. The molecule has 2 unspecified atom stereocenters. The van der Waals surface area contributed by atoms with Crippen LogP contribution in [0.25, 0.3) is 0 Å². The van der Waals surface area contributed by atoms with E-state index in [9.17, 15) is 0 Å². The highest BCUT2D eigenvalue weighted by atomic mass is 14.5. The van der Waals surface area contributed by atoms with Crippen molar-refractivity contribution in [2.45, 2.75) is 83.1 Å². The summed E-state index contributed by atoms with van der Waals surface area (Å²) >= 11 is 0. The van der Waals surface area contributed by atoms with E-state index in [-0.39, 0.29) is 0 Å². The molecule has 0 saturated heterocycles. The first-order chi connectivity index (χ1) is 15.9. The van der Waals surface area contributed by atoms with Crippen LogP contribution in [0.4, 0.5) is 0 Å². The molecule has 0 aromatic heterocycles. The van der Waals surface area contributed by atoms with Crippen molar-refractivity contribution in [3.05, 3.63) is 80.0 Å². The van der Waals surface area contributed by atoms with Gasteiger partial charge in [-0.1, -0.05) is 107 Å². The van der Waals surface area contributed by atoms with Gasteiger partial charge in [-0.25, -0.2) is 0 Å². The molecule has 0 amide bonds. The summed E-state index contributed by atoms with van der Waals surface area (Å²) in [6.45, 7) is 28.8. The van der Waals surface area contributed by atoms with Crippen molar-refractivity contribution >= 4 is 0 Å². The van der Waals surface area contributed by atoms with Crippen molar-refractivity contribution in [2.24, 2.45) is 47.3 Å². The van der Waals surface area contributed by atoms with Crippen LogP contribution < -0.4 is 0 Å². The van der Waals surface area contributed by atoms with Crippen molar-refractivity contribution in [3.63, 3.8) is 0 Å². The molecule has 0 spiro atoms. The Bertz CT molecular complexity index is 1000. The molecule has 4 aliphatic rings. The second-order valence-electron chi connectivity index (χ2n) is 12.9. The SMILES string of the molecule is CC(C)C1=CC2=C(C(C)C)C(C(C)C)=C3C=C(C(C)C)C=C4C(C(C)C)=C(C(C)C)C(=C1)C2C43. The lowest BCUT2D eigenvalue weighted by Gasteiger charge is -2.50. The van der Waals surface area contributed by atoms with Crippen molar-refractivity contribution in [1.82, 2.24) is 0 Å². The van der Waals surface area contributed by atoms with Crippen LogP contribution in [0.1, 0.15) is 83.1 Å². The van der Waals surface area contributed by atoms with Crippen molar-refractivity contribution < 1.29 is 0 Å². The molecule has 0 fully saturated rings. The molecule has 0 aromatic carbocycles. The third-order valence-corrected chi connectivity index (χ3v) is 8.43. The molecule has 184 valence electrons. The first kappa shape index (κ1) is 25.3. The fourth-order valence-electron chi connectivity index (χ4n) is 7.06. The molecule has 0 aromatic rings. The van der Waals surface area contributed by atoms with Crippen molar-refractivity contribution in [3.8, 4) is 0 Å². The monoisotopic (exact) mass is 456 g/mol. The minimum absolute atomic E-state index is 0.466. The zero-order valence-electron chi connectivity index (χ0n) is 23.9. The summed E-state index contributed by atoms with van der Waals surface area (Å²) in [4.78, 5) is 0. The Balaban J connectivity index is 2.22. The van der Waals surface area contributed by atoms with E-state index in [1.807, 2.05) is 0 Å².